The minimum Gasteiger partial charge on any atom is -0.268 e. The summed E-state index contributed by atoms with van der Waals surface area (Å²) in [7, 11) is 0.599. The number of para-hydroxylation sites is 1. The van der Waals surface area contributed by atoms with Gasteiger partial charge in [0.2, 0.25) is 0 Å². The third kappa shape index (κ3) is 2.22. The molecule has 0 spiro atoms. The molecule has 0 atom stereocenters. The van der Waals surface area contributed by atoms with Crippen molar-refractivity contribution in [3.63, 3.8) is 0 Å². The van der Waals surface area contributed by atoms with Gasteiger partial charge < -0.3 is 0 Å². The molecule has 0 saturated heterocycles. The van der Waals surface area contributed by atoms with Crippen molar-refractivity contribution in [3.05, 3.63) is 63.4 Å². The SMILES string of the molecule is O=c1ccn(-c2ccccc2)c(=O)n1S(=O)(=O)Cl. The van der Waals surface area contributed by atoms with Crippen molar-refractivity contribution in [2.45, 2.75) is 0 Å². The van der Waals surface area contributed by atoms with Crippen LogP contribution < -0.4 is 11.2 Å². The molecule has 6 nitrogen and oxygen atoms in total. The second-order valence-corrected chi connectivity index (χ2v) is 5.71. The predicted octanol–water partition coefficient (Wildman–Crippen LogP) is 0.331. The maximum Gasteiger partial charge on any atom is 0.350 e. The number of aromatic nitrogens is 2. The molecule has 94 valence electrons. The molecule has 0 aliphatic carbocycles. The van der Waals surface area contributed by atoms with E-state index in [4.69, 9.17) is 10.7 Å². The van der Waals surface area contributed by atoms with Crippen LogP contribution in [0.4, 0.5) is 0 Å². The number of nitrogens with zero attached hydrogens (tertiary/aromatic N) is 2. The van der Waals surface area contributed by atoms with Crippen LogP contribution in [0.2, 0.25) is 0 Å². The molecule has 0 fully saturated rings. The van der Waals surface area contributed by atoms with E-state index in [1.54, 1.807) is 30.3 Å². The number of benzene rings is 1. The van der Waals surface area contributed by atoms with Gasteiger partial charge in [-0.15, -0.1) is 3.97 Å². The maximum absolute atomic E-state index is 11.9. The molecule has 2 rings (SSSR count). The van der Waals surface area contributed by atoms with Crippen LogP contribution in [-0.4, -0.2) is 17.0 Å². The Morgan fingerprint density at radius 2 is 1.61 bits per heavy atom. The van der Waals surface area contributed by atoms with Crippen molar-refractivity contribution < 1.29 is 8.42 Å². The summed E-state index contributed by atoms with van der Waals surface area (Å²) in [5, 5.41) is 0. The lowest BCUT2D eigenvalue weighted by Gasteiger charge is -2.06. The van der Waals surface area contributed by atoms with Gasteiger partial charge in [0.15, 0.2) is 0 Å². The van der Waals surface area contributed by atoms with Gasteiger partial charge in [0.25, 0.3) is 5.56 Å². The molecule has 0 amide bonds. The molecule has 1 heterocycles. The lowest BCUT2D eigenvalue weighted by Crippen LogP contribution is -2.40. The molecule has 0 unspecified atom stereocenters. The Kier molecular flexibility index (Phi) is 3.10. The van der Waals surface area contributed by atoms with Crippen LogP contribution in [0.3, 0.4) is 0 Å². The molecular formula is C10H7ClN2O4S. The maximum atomic E-state index is 11.9. The lowest BCUT2D eigenvalue weighted by atomic mass is 10.3. The summed E-state index contributed by atoms with van der Waals surface area (Å²) in [5.41, 5.74) is -1.61. The first-order valence-corrected chi connectivity index (χ1v) is 7.03. The minimum absolute atomic E-state index is 0.00154. The first kappa shape index (κ1) is 12.6. The van der Waals surface area contributed by atoms with Gasteiger partial charge in [-0.3, -0.25) is 9.36 Å². The second kappa shape index (κ2) is 4.43. The molecule has 2 aromatic rings. The molecule has 18 heavy (non-hydrogen) atoms. The van der Waals surface area contributed by atoms with Gasteiger partial charge in [-0.1, -0.05) is 18.2 Å². The van der Waals surface area contributed by atoms with Gasteiger partial charge in [0.1, 0.15) is 0 Å². The molecule has 1 aromatic carbocycles. The summed E-state index contributed by atoms with van der Waals surface area (Å²) in [6.45, 7) is 0. The van der Waals surface area contributed by atoms with E-state index in [0.717, 1.165) is 10.6 Å². The average molecular weight is 287 g/mol. The number of rotatable bonds is 2. The summed E-state index contributed by atoms with van der Waals surface area (Å²) in [4.78, 5) is 23.3. The largest absolute Gasteiger partial charge is 0.350 e. The highest BCUT2D eigenvalue weighted by Crippen LogP contribution is 2.03. The fourth-order valence-electron chi connectivity index (χ4n) is 1.45. The summed E-state index contributed by atoms with van der Waals surface area (Å²) in [6, 6.07) is 9.23. The smallest absolute Gasteiger partial charge is 0.268 e. The first-order chi connectivity index (χ1) is 8.41. The van der Waals surface area contributed by atoms with Crippen LogP contribution in [0, 0.1) is 0 Å². The van der Waals surface area contributed by atoms with Crippen LogP contribution in [0.15, 0.2) is 52.2 Å². The summed E-state index contributed by atoms with van der Waals surface area (Å²) < 4.78 is 23.4. The van der Waals surface area contributed by atoms with Gasteiger partial charge in [-0.05, 0) is 12.1 Å². The van der Waals surface area contributed by atoms with Crippen molar-refractivity contribution in [1.82, 2.24) is 8.54 Å². The van der Waals surface area contributed by atoms with E-state index in [9.17, 15) is 18.0 Å². The van der Waals surface area contributed by atoms with E-state index in [2.05, 4.69) is 0 Å². The van der Waals surface area contributed by atoms with E-state index in [-0.39, 0.29) is 3.97 Å². The average Bonchev–Trinajstić information content (AvgIpc) is 2.28. The zero-order valence-electron chi connectivity index (χ0n) is 8.86. The predicted molar refractivity (Wildman–Crippen MR) is 66.5 cm³/mol. The molecule has 0 aliphatic rings. The van der Waals surface area contributed by atoms with Gasteiger partial charge in [0, 0.05) is 22.9 Å². The molecule has 0 bridgehead atoms. The summed E-state index contributed by atoms with van der Waals surface area (Å²) in [6.07, 6.45) is 1.19. The van der Waals surface area contributed by atoms with Gasteiger partial charge in [-0.2, -0.15) is 8.42 Å². The van der Waals surface area contributed by atoms with Gasteiger partial charge >= 0.3 is 14.9 Å². The van der Waals surface area contributed by atoms with E-state index >= 15 is 0 Å². The molecule has 0 N–H and O–H groups in total. The topological polar surface area (TPSA) is 78.1 Å². The van der Waals surface area contributed by atoms with Crippen molar-refractivity contribution in [2.75, 3.05) is 0 Å². The van der Waals surface area contributed by atoms with Crippen LogP contribution in [-0.2, 0) is 9.24 Å². The van der Waals surface area contributed by atoms with Crippen LogP contribution in [0.1, 0.15) is 0 Å². The van der Waals surface area contributed by atoms with Gasteiger partial charge in [-0.25, -0.2) is 4.79 Å². The standard InChI is InChI=1S/C10H7ClN2O4S/c11-18(16,17)13-9(14)6-7-12(10(13)15)8-4-2-1-3-5-8/h1-7H. The zero-order valence-corrected chi connectivity index (χ0v) is 10.4. The Balaban J connectivity index is 2.83. The third-order valence-corrected chi connectivity index (χ3v) is 3.38. The number of hydrogen-bond acceptors (Lipinski definition) is 4. The van der Waals surface area contributed by atoms with Crippen LogP contribution in [0.5, 0.6) is 0 Å². The van der Waals surface area contributed by atoms with E-state index in [1.165, 1.54) is 6.20 Å². The Morgan fingerprint density at radius 1 is 1.00 bits per heavy atom. The fraction of sp³-hybridized carbons (Fsp3) is 0. The summed E-state index contributed by atoms with van der Waals surface area (Å²) >= 11 is 0. The van der Waals surface area contributed by atoms with Crippen molar-refractivity contribution in [3.8, 4) is 5.69 Å². The Labute approximate surface area is 106 Å². The van der Waals surface area contributed by atoms with Crippen molar-refractivity contribution in [1.29, 1.82) is 0 Å². The molecule has 0 aliphatic heterocycles. The second-order valence-electron chi connectivity index (χ2n) is 3.35. The van der Waals surface area contributed by atoms with Crippen LogP contribution in [0.25, 0.3) is 5.69 Å². The molecular weight excluding hydrogens is 280 g/mol. The lowest BCUT2D eigenvalue weighted by molar-refractivity contribution is 0.594. The number of hydrogen-bond donors (Lipinski definition) is 0. The Bertz CT molecular complexity index is 793. The first-order valence-electron chi connectivity index (χ1n) is 4.76. The van der Waals surface area contributed by atoms with Gasteiger partial charge in [0.05, 0.1) is 5.69 Å². The molecule has 8 heteroatoms. The Hall–Kier alpha value is -1.86. The molecule has 0 radical (unpaired) electrons. The van der Waals surface area contributed by atoms with Crippen molar-refractivity contribution in [2.24, 2.45) is 0 Å². The van der Waals surface area contributed by atoms with E-state index in [1.807, 2.05) is 0 Å². The molecule has 0 saturated carbocycles. The van der Waals surface area contributed by atoms with Crippen LogP contribution >= 0.6 is 10.7 Å². The fourth-order valence-corrected chi connectivity index (χ4v) is 2.38. The van der Waals surface area contributed by atoms with E-state index < -0.39 is 20.5 Å². The zero-order chi connectivity index (χ0) is 13.3. The quantitative estimate of drug-likeness (QED) is 0.746. The highest BCUT2D eigenvalue weighted by molar-refractivity contribution is 8.12. The van der Waals surface area contributed by atoms with E-state index in [0.29, 0.717) is 5.69 Å². The number of halogens is 1. The summed E-state index contributed by atoms with van der Waals surface area (Å²) in [5.74, 6) is 0. The molecule has 1 aromatic heterocycles. The third-order valence-electron chi connectivity index (χ3n) is 2.20. The Morgan fingerprint density at radius 3 is 2.17 bits per heavy atom. The highest BCUT2D eigenvalue weighted by Gasteiger charge is 2.16. The monoisotopic (exact) mass is 286 g/mol. The van der Waals surface area contributed by atoms with Crippen molar-refractivity contribution >= 4 is 19.9 Å². The normalized spacial score (nSPS) is 11.4. The highest BCUT2D eigenvalue weighted by atomic mass is 35.7. The minimum atomic E-state index is -4.45.